The Morgan fingerprint density at radius 3 is 2.60 bits per heavy atom. The minimum atomic E-state index is -1.05. The molecule has 0 aliphatic rings. The van der Waals surface area contributed by atoms with Gasteiger partial charge in [0.2, 0.25) is 0 Å². The molecular weight excluding hydrogens is 196 g/mol. The van der Waals surface area contributed by atoms with Gasteiger partial charge >= 0.3 is 5.97 Å². The van der Waals surface area contributed by atoms with Gasteiger partial charge in [0.25, 0.3) is 5.91 Å². The van der Waals surface area contributed by atoms with Crippen LogP contribution in [0.4, 0.5) is 0 Å². The lowest BCUT2D eigenvalue weighted by molar-refractivity contribution is 0.0697. The van der Waals surface area contributed by atoms with E-state index in [2.05, 4.69) is 5.32 Å². The maximum absolute atomic E-state index is 11.4. The van der Waals surface area contributed by atoms with E-state index in [9.17, 15) is 9.59 Å². The van der Waals surface area contributed by atoms with Crippen molar-refractivity contribution in [1.29, 1.82) is 0 Å². The number of nitrogens with one attached hydrogen (secondary N) is 1. The molecular formula is C10H12N2O3. The van der Waals surface area contributed by atoms with E-state index in [1.165, 1.54) is 18.2 Å². The molecule has 0 fully saturated rings. The summed E-state index contributed by atoms with van der Waals surface area (Å²) in [6.07, 6.45) is 0. The molecule has 1 aromatic carbocycles. The van der Waals surface area contributed by atoms with Gasteiger partial charge in [-0.05, 0) is 18.2 Å². The number of carbonyl (C=O) groups is 2. The van der Waals surface area contributed by atoms with E-state index >= 15 is 0 Å². The molecule has 0 radical (unpaired) electrons. The molecule has 0 bridgehead atoms. The number of carboxylic acids is 1. The van der Waals surface area contributed by atoms with Crippen LogP contribution in [0.3, 0.4) is 0 Å². The average molecular weight is 208 g/mol. The van der Waals surface area contributed by atoms with E-state index in [1.54, 1.807) is 6.07 Å². The highest BCUT2D eigenvalue weighted by Crippen LogP contribution is 2.04. The molecule has 0 aliphatic carbocycles. The summed E-state index contributed by atoms with van der Waals surface area (Å²) in [5.74, 6) is -1.37. The number of aromatic carboxylic acids is 1. The highest BCUT2D eigenvalue weighted by Gasteiger charge is 2.08. The summed E-state index contributed by atoms with van der Waals surface area (Å²) in [5.41, 5.74) is 5.64. The van der Waals surface area contributed by atoms with Crippen molar-refractivity contribution in [1.82, 2.24) is 5.32 Å². The van der Waals surface area contributed by atoms with Crippen LogP contribution in [0.2, 0.25) is 0 Å². The molecule has 0 saturated carbocycles. The summed E-state index contributed by atoms with van der Waals surface area (Å²) >= 11 is 0. The number of nitrogens with two attached hydrogens (primary N) is 1. The van der Waals surface area contributed by atoms with Gasteiger partial charge in [-0.1, -0.05) is 6.07 Å². The second-order valence-electron chi connectivity index (χ2n) is 2.93. The van der Waals surface area contributed by atoms with Crippen molar-refractivity contribution in [3.05, 3.63) is 35.4 Å². The topological polar surface area (TPSA) is 92.4 Å². The summed E-state index contributed by atoms with van der Waals surface area (Å²) in [4.78, 5) is 22.1. The monoisotopic (exact) mass is 208 g/mol. The van der Waals surface area contributed by atoms with E-state index in [-0.39, 0.29) is 11.5 Å². The fourth-order valence-electron chi connectivity index (χ4n) is 1.08. The fraction of sp³-hybridized carbons (Fsp3) is 0.200. The van der Waals surface area contributed by atoms with Crippen LogP contribution in [-0.4, -0.2) is 30.1 Å². The SMILES string of the molecule is NCCNC(=O)c1cccc(C(=O)O)c1. The quantitative estimate of drug-likeness (QED) is 0.653. The number of amides is 1. The first-order chi connectivity index (χ1) is 7.15. The van der Waals surface area contributed by atoms with Gasteiger partial charge < -0.3 is 16.2 Å². The molecule has 1 rings (SSSR count). The Bertz CT molecular complexity index is 377. The summed E-state index contributed by atoms with van der Waals surface area (Å²) in [7, 11) is 0. The average Bonchev–Trinajstić information content (AvgIpc) is 2.26. The minimum absolute atomic E-state index is 0.0930. The third-order valence-corrected chi connectivity index (χ3v) is 1.80. The van der Waals surface area contributed by atoms with Gasteiger partial charge in [-0.15, -0.1) is 0 Å². The molecule has 5 nitrogen and oxygen atoms in total. The van der Waals surface area contributed by atoms with Crippen LogP contribution >= 0.6 is 0 Å². The molecule has 5 heteroatoms. The second kappa shape index (κ2) is 5.11. The van der Waals surface area contributed by atoms with Crippen LogP contribution < -0.4 is 11.1 Å². The Kier molecular flexibility index (Phi) is 3.82. The number of carbonyl (C=O) groups excluding carboxylic acids is 1. The third kappa shape index (κ3) is 3.07. The largest absolute Gasteiger partial charge is 0.478 e. The Morgan fingerprint density at radius 2 is 2.00 bits per heavy atom. The second-order valence-corrected chi connectivity index (χ2v) is 2.93. The molecule has 0 aliphatic heterocycles. The number of rotatable bonds is 4. The maximum Gasteiger partial charge on any atom is 0.335 e. The molecule has 0 spiro atoms. The van der Waals surface area contributed by atoms with Crippen LogP contribution in [-0.2, 0) is 0 Å². The van der Waals surface area contributed by atoms with Crippen molar-refractivity contribution in [2.24, 2.45) is 5.73 Å². The lowest BCUT2D eigenvalue weighted by Gasteiger charge is -2.03. The van der Waals surface area contributed by atoms with Crippen molar-refractivity contribution >= 4 is 11.9 Å². The predicted octanol–water partition coefficient (Wildman–Crippen LogP) is 0.0733. The standard InChI is InChI=1S/C10H12N2O3/c11-4-5-12-9(13)7-2-1-3-8(6-7)10(14)15/h1-3,6H,4-5,11H2,(H,12,13)(H,14,15). The molecule has 4 N–H and O–H groups in total. The van der Waals surface area contributed by atoms with Gasteiger partial charge in [0.05, 0.1) is 5.56 Å². The number of hydrogen-bond acceptors (Lipinski definition) is 3. The number of hydrogen-bond donors (Lipinski definition) is 3. The maximum atomic E-state index is 11.4. The molecule has 0 unspecified atom stereocenters. The smallest absolute Gasteiger partial charge is 0.335 e. The van der Waals surface area contributed by atoms with E-state index < -0.39 is 5.97 Å². The predicted molar refractivity (Wildman–Crippen MR) is 54.8 cm³/mol. The Balaban J connectivity index is 2.81. The molecule has 80 valence electrons. The third-order valence-electron chi connectivity index (χ3n) is 1.80. The molecule has 1 amide bonds. The zero-order valence-electron chi connectivity index (χ0n) is 8.06. The van der Waals surface area contributed by atoms with E-state index in [0.29, 0.717) is 18.7 Å². The zero-order valence-corrected chi connectivity index (χ0v) is 8.06. The van der Waals surface area contributed by atoms with Crippen molar-refractivity contribution in [2.75, 3.05) is 13.1 Å². The number of benzene rings is 1. The Morgan fingerprint density at radius 1 is 1.33 bits per heavy atom. The van der Waals surface area contributed by atoms with Crippen LogP contribution in [0.15, 0.2) is 24.3 Å². The molecule has 15 heavy (non-hydrogen) atoms. The normalized spacial score (nSPS) is 9.67. The molecule has 0 heterocycles. The first-order valence-corrected chi connectivity index (χ1v) is 4.47. The van der Waals surface area contributed by atoms with Gasteiger partial charge in [0, 0.05) is 18.7 Å². The lowest BCUT2D eigenvalue weighted by atomic mass is 10.1. The molecule has 1 aromatic rings. The van der Waals surface area contributed by atoms with Gasteiger partial charge in [-0.25, -0.2) is 4.79 Å². The van der Waals surface area contributed by atoms with Crippen molar-refractivity contribution in [2.45, 2.75) is 0 Å². The fourth-order valence-corrected chi connectivity index (χ4v) is 1.08. The van der Waals surface area contributed by atoms with Crippen LogP contribution in [0.25, 0.3) is 0 Å². The Hall–Kier alpha value is -1.88. The zero-order chi connectivity index (χ0) is 11.3. The molecule has 0 saturated heterocycles. The van der Waals surface area contributed by atoms with E-state index in [0.717, 1.165) is 0 Å². The van der Waals surface area contributed by atoms with Crippen molar-refractivity contribution in [3.8, 4) is 0 Å². The van der Waals surface area contributed by atoms with Crippen LogP contribution in [0.1, 0.15) is 20.7 Å². The summed E-state index contributed by atoms with van der Waals surface area (Å²) in [5, 5.41) is 11.3. The minimum Gasteiger partial charge on any atom is -0.478 e. The highest BCUT2D eigenvalue weighted by molar-refractivity contribution is 5.97. The first kappa shape index (κ1) is 11.2. The highest BCUT2D eigenvalue weighted by atomic mass is 16.4. The summed E-state index contributed by atoms with van der Waals surface area (Å²) in [6.45, 7) is 0.723. The molecule has 0 aromatic heterocycles. The van der Waals surface area contributed by atoms with Gasteiger partial charge in [-0.2, -0.15) is 0 Å². The first-order valence-electron chi connectivity index (χ1n) is 4.47. The van der Waals surface area contributed by atoms with Crippen LogP contribution in [0.5, 0.6) is 0 Å². The van der Waals surface area contributed by atoms with Crippen molar-refractivity contribution in [3.63, 3.8) is 0 Å². The lowest BCUT2D eigenvalue weighted by Crippen LogP contribution is -2.29. The Labute approximate surface area is 86.9 Å². The molecule has 0 atom stereocenters. The van der Waals surface area contributed by atoms with Gasteiger partial charge in [0.1, 0.15) is 0 Å². The van der Waals surface area contributed by atoms with E-state index in [1.807, 2.05) is 0 Å². The number of carboxylic acid groups (broad SMARTS) is 1. The van der Waals surface area contributed by atoms with Crippen LogP contribution in [0, 0.1) is 0 Å². The van der Waals surface area contributed by atoms with Gasteiger partial charge in [-0.3, -0.25) is 4.79 Å². The van der Waals surface area contributed by atoms with Gasteiger partial charge in [0.15, 0.2) is 0 Å². The van der Waals surface area contributed by atoms with Crippen molar-refractivity contribution < 1.29 is 14.7 Å². The summed E-state index contributed by atoms with van der Waals surface area (Å²) < 4.78 is 0. The summed E-state index contributed by atoms with van der Waals surface area (Å²) in [6, 6.07) is 5.84. The van der Waals surface area contributed by atoms with E-state index in [4.69, 9.17) is 10.8 Å².